The van der Waals surface area contributed by atoms with E-state index in [4.69, 9.17) is 5.73 Å². The maximum atomic E-state index is 6.83. The topological polar surface area (TPSA) is 26.0 Å². The molecular formula is C18H20BrN. The van der Waals surface area contributed by atoms with Gasteiger partial charge in [0.05, 0.1) is 0 Å². The maximum Gasteiger partial charge on any atom is 0.0453 e. The first-order valence-corrected chi connectivity index (χ1v) is 8.08. The lowest BCUT2D eigenvalue weighted by atomic mass is 9.80. The van der Waals surface area contributed by atoms with Crippen LogP contribution in [0.4, 0.5) is 0 Å². The number of rotatable bonds is 2. The molecule has 0 aliphatic heterocycles. The molecule has 0 radical (unpaired) electrons. The Bertz CT molecular complexity index is 591. The second-order valence-electron chi connectivity index (χ2n) is 5.82. The standard InChI is InChI=1S/C18H20BrN/c19-16-10-8-14(9-11-16)13-18(20)12-4-3-6-15-5-1-2-7-17(15)18/h1-2,5,7-11H,3-4,6,12-13,20H2. The van der Waals surface area contributed by atoms with Gasteiger partial charge >= 0.3 is 0 Å². The number of hydrogen-bond donors (Lipinski definition) is 1. The number of halogens is 1. The van der Waals surface area contributed by atoms with E-state index in [0.29, 0.717) is 0 Å². The molecule has 20 heavy (non-hydrogen) atoms. The van der Waals surface area contributed by atoms with Crippen LogP contribution in [0, 0.1) is 0 Å². The molecule has 0 aromatic heterocycles. The van der Waals surface area contributed by atoms with Crippen molar-refractivity contribution in [1.29, 1.82) is 0 Å². The van der Waals surface area contributed by atoms with Crippen molar-refractivity contribution in [2.45, 2.75) is 37.6 Å². The first-order valence-electron chi connectivity index (χ1n) is 7.29. The van der Waals surface area contributed by atoms with E-state index in [1.54, 1.807) is 0 Å². The highest BCUT2D eigenvalue weighted by atomic mass is 79.9. The molecule has 2 aromatic rings. The van der Waals surface area contributed by atoms with Gasteiger partial charge in [-0.25, -0.2) is 0 Å². The van der Waals surface area contributed by atoms with Crippen molar-refractivity contribution in [2.75, 3.05) is 0 Å². The highest BCUT2D eigenvalue weighted by Gasteiger charge is 2.31. The van der Waals surface area contributed by atoms with Crippen molar-refractivity contribution in [3.8, 4) is 0 Å². The molecule has 2 N–H and O–H groups in total. The molecule has 1 unspecified atom stereocenters. The first-order chi connectivity index (χ1) is 9.67. The smallest absolute Gasteiger partial charge is 0.0453 e. The predicted molar refractivity (Wildman–Crippen MR) is 87.7 cm³/mol. The molecule has 2 heteroatoms. The van der Waals surface area contributed by atoms with Gasteiger partial charge in [-0.1, -0.05) is 58.7 Å². The summed E-state index contributed by atoms with van der Waals surface area (Å²) in [6, 6.07) is 17.3. The fourth-order valence-electron chi connectivity index (χ4n) is 3.26. The molecule has 1 nitrogen and oxygen atoms in total. The summed E-state index contributed by atoms with van der Waals surface area (Å²) in [6.07, 6.45) is 5.60. The van der Waals surface area contributed by atoms with Crippen molar-refractivity contribution < 1.29 is 0 Å². The van der Waals surface area contributed by atoms with Crippen molar-refractivity contribution in [2.24, 2.45) is 5.73 Å². The zero-order chi connectivity index (χ0) is 14.0. The maximum absolute atomic E-state index is 6.83. The molecule has 2 aromatic carbocycles. The molecular weight excluding hydrogens is 310 g/mol. The second kappa shape index (κ2) is 5.71. The SMILES string of the molecule is NC1(Cc2ccc(Br)cc2)CCCCc2ccccc21. The summed E-state index contributed by atoms with van der Waals surface area (Å²) in [5.74, 6) is 0. The van der Waals surface area contributed by atoms with Gasteiger partial charge in [-0.2, -0.15) is 0 Å². The highest BCUT2D eigenvalue weighted by molar-refractivity contribution is 9.10. The van der Waals surface area contributed by atoms with Gasteiger partial charge < -0.3 is 5.73 Å². The van der Waals surface area contributed by atoms with Crippen molar-refractivity contribution in [3.05, 3.63) is 69.7 Å². The van der Waals surface area contributed by atoms with E-state index in [2.05, 4.69) is 64.5 Å². The van der Waals surface area contributed by atoms with E-state index in [1.165, 1.54) is 29.5 Å². The van der Waals surface area contributed by atoms with Gasteiger partial charge in [0.1, 0.15) is 0 Å². The molecule has 0 heterocycles. The number of benzene rings is 2. The number of nitrogens with two attached hydrogens (primary N) is 1. The molecule has 0 spiro atoms. The Kier molecular flexibility index (Phi) is 3.95. The second-order valence-corrected chi connectivity index (χ2v) is 6.74. The predicted octanol–water partition coefficient (Wildman–Crippen LogP) is 4.57. The molecule has 0 saturated carbocycles. The van der Waals surface area contributed by atoms with E-state index in [9.17, 15) is 0 Å². The van der Waals surface area contributed by atoms with Crippen molar-refractivity contribution in [1.82, 2.24) is 0 Å². The number of aryl methyl sites for hydroxylation is 1. The van der Waals surface area contributed by atoms with Crippen LogP contribution in [0.15, 0.2) is 53.0 Å². The Balaban J connectivity index is 1.96. The van der Waals surface area contributed by atoms with E-state index < -0.39 is 0 Å². The molecule has 1 aliphatic carbocycles. The molecule has 0 fully saturated rings. The molecule has 0 saturated heterocycles. The molecule has 3 rings (SSSR count). The summed E-state index contributed by atoms with van der Waals surface area (Å²) in [5, 5.41) is 0. The van der Waals surface area contributed by atoms with Gasteiger partial charge in [-0.15, -0.1) is 0 Å². The van der Waals surface area contributed by atoms with Gasteiger partial charge in [-0.05, 0) is 54.5 Å². The van der Waals surface area contributed by atoms with Gasteiger partial charge in [0.2, 0.25) is 0 Å². The van der Waals surface area contributed by atoms with Crippen molar-refractivity contribution in [3.63, 3.8) is 0 Å². The van der Waals surface area contributed by atoms with E-state index in [1.807, 2.05) is 0 Å². The van der Waals surface area contributed by atoms with Gasteiger partial charge in [0, 0.05) is 10.0 Å². The van der Waals surface area contributed by atoms with Crippen LogP contribution in [0.5, 0.6) is 0 Å². The Morgan fingerprint density at radius 3 is 2.55 bits per heavy atom. The summed E-state index contributed by atoms with van der Waals surface area (Å²) in [4.78, 5) is 0. The Morgan fingerprint density at radius 1 is 1.00 bits per heavy atom. The molecule has 1 atom stereocenters. The van der Waals surface area contributed by atoms with E-state index >= 15 is 0 Å². The molecule has 1 aliphatic rings. The fourth-order valence-corrected chi connectivity index (χ4v) is 3.53. The quantitative estimate of drug-likeness (QED) is 0.802. The van der Waals surface area contributed by atoms with E-state index in [0.717, 1.165) is 23.7 Å². The van der Waals surface area contributed by atoms with Crippen LogP contribution in [0.2, 0.25) is 0 Å². The highest BCUT2D eigenvalue weighted by Crippen LogP contribution is 2.35. The molecule has 0 amide bonds. The lowest BCUT2D eigenvalue weighted by molar-refractivity contribution is 0.398. The van der Waals surface area contributed by atoms with Gasteiger partial charge in [0.15, 0.2) is 0 Å². The normalized spacial score (nSPS) is 22.1. The third kappa shape index (κ3) is 2.82. The van der Waals surface area contributed by atoms with Crippen LogP contribution < -0.4 is 5.73 Å². The number of hydrogen-bond acceptors (Lipinski definition) is 1. The monoisotopic (exact) mass is 329 g/mol. The fraction of sp³-hybridized carbons (Fsp3) is 0.333. The number of fused-ring (bicyclic) bond motifs is 1. The van der Waals surface area contributed by atoms with Crippen LogP contribution >= 0.6 is 15.9 Å². The summed E-state index contributed by atoms with van der Waals surface area (Å²) in [6.45, 7) is 0. The minimum Gasteiger partial charge on any atom is -0.321 e. The average molecular weight is 330 g/mol. The average Bonchev–Trinajstić information content (AvgIpc) is 2.62. The van der Waals surface area contributed by atoms with E-state index in [-0.39, 0.29) is 5.54 Å². The van der Waals surface area contributed by atoms with Crippen molar-refractivity contribution >= 4 is 15.9 Å². The van der Waals surface area contributed by atoms with Crippen LogP contribution in [0.3, 0.4) is 0 Å². The third-order valence-electron chi connectivity index (χ3n) is 4.31. The zero-order valence-corrected chi connectivity index (χ0v) is 13.2. The Morgan fingerprint density at radius 2 is 1.75 bits per heavy atom. The largest absolute Gasteiger partial charge is 0.321 e. The summed E-state index contributed by atoms with van der Waals surface area (Å²) in [7, 11) is 0. The third-order valence-corrected chi connectivity index (χ3v) is 4.83. The summed E-state index contributed by atoms with van der Waals surface area (Å²) >= 11 is 3.49. The van der Waals surface area contributed by atoms with Crippen LogP contribution in [0.1, 0.15) is 36.0 Å². The van der Waals surface area contributed by atoms with Crippen LogP contribution in [-0.2, 0) is 18.4 Å². The zero-order valence-electron chi connectivity index (χ0n) is 11.6. The van der Waals surface area contributed by atoms with Crippen LogP contribution in [-0.4, -0.2) is 0 Å². The summed E-state index contributed by atoms with van der Waals surface area (Å²) in [5.41, 5.74) is 10.7. The summed E-state index contributed by atoms with van der Waals surface area (Å²) < 4.78 is 1.12. The lowest BCUT2D eigenvalue weighted by Crippen LogP contribution is -2.39. The first kappa shape index (κ1) is 13.8. The Hall–Kier alpha value is -1.12. The van der Waals surface area contributed by atoms with Gasteiger partial charge in [-0.3, -0.25) is 0 Å². The van der Waals surface area contributed by atoms with Crippen LogP contribution in [0.25, 0.3) is 0 Å². The minimum atomic E-state index is -0.221. The van der Waals surface area contributed by atoms with Gasteiger partial charge in [0.25, 0.3) is 0 Å². The minimum absolute atomic E-state index is 0.221. The molecule has 0 bridgehead atoms. The lowest BCUT2D eigenvalue weighted by Gasteiger charge is -2.30. The molecule has 104 valence electrons. The Labute approximate surface area is 129 Å².